The van der Waals surface area contributed by atoms with Gasteiger partial charge in [-0.05, 0) is 68.2 Å². The monoisotopic (exact) mass is 326 g/mol. The molecule has 24 heavy (non-hydrogen) atoms. The molecule has 0 atom stereocenters. The molecule has 4 rings (SSSR count). The molecule has 0 saturated carbocycles. The maximum absolute atomic E-state index is 10.3. The average Bonchev–Trinajstić information content (AvgIpc) is 3.05. The van der Waals surface area contributed by atoms with E-state index in [0.717, 1.165) is 31.4 Å². The lowest BCUT2D eigenvalue weighted by Crippen LogP contribution is -2.12. The molecule has 4 N–H and O–H groups in total. The van der Waals surface area contributed by atoms with Crippen LogP contribution in [0.15, 0.2) is 24.3 Å². The van der Waals surface area contributed by atoms with Crippen molar-refractivity contribution >= 4 is 11.7 Å². The second-order valence-corrected chi connectivity index (χ2v) is 6.26. The van der Waals surface area contributed by atoms with E-state index in [-0.39, 0.29) is 11.3 Å². The van der Waals surface area contributed by atoms with Gasteiger partial charge in [0.15, 0.2) is 0 Å². The molecule has 5 nitrogen and oxygen atoms in total. The highest BCUT2D eigenvalue weighted by Gasteiger charge is 2.22. The third-order valence-corrected chi connectivity index (χ3v) is 4.68. The van der Waals surface area contributed by atoms with Crippen molar-refractivity contribution in [3.63, 3.8) is 0 Å². The molecular weight excluding hydrogens is 304 g/mol. The van der Waals surface area contributed by atoms with Crippen molar-refractivity contribution in [1.82, 2.24) is 4.98 Å². The molecule has 1 heterocycles. The number of aromatic carboxylic acids is 1. The standard InChI is InChI=1S/C12H16N2.C7H6O3/c13-12-8-4-1-2-6-10(8)14-11-7-3-5-9(11)12;8-6-4-2-1-3-5(6)7(9)10/h1-7H2,(H2,13,14);1-4,8H,(H,9,10). The number of nitrogen functional groups attached to an aromatic ring is 1. The number of hydrogen-bond donors (Lipinski definition) is 3. The van der Waals surface area contributed by atoms with Crippen molar-refractivity contribution in [3.8, 4) is 5.75 Å². The number of rotatable bonds is 1. The van der Waals surface area contributed by atoms with Gasteiger partial charge in [-0.3, -0.25) is 4.98 Å². The first kappa shape index (κ1) is 16.3. The number of anilines is 1. The normalized spacial score (nSPS) is 15.0. The molecule has 0 radical (unpaired) electrons. The topological polar surface area (TPSA) is 96.4 Å². The summed E-state index contributed by atoms with van der Waals surface area (Å²) in [6, 6.07) is 5.81. The molecule has 0 fully saturated rings. The number of para-hydroxylation sites is 1. The highest BCUT2D eigenvalue weighted by Crippen LogP contribution is 2.33. The zero-order valence-electron chi connectivity index (χ0n) is 13.6. The van der Waals surface area contributed by atoms with Crippen molar-refractivity contribution in [2.45, 2.75) is 44.9 Å². The quantitative estimate of drug-likeness (QED) is 0.748. The second kappa shape index (κ2) is 6.91. The number of fused-ring (bicyclic) bond motifs is 2. The fourth-order valence-electron chi connectivity index (χ4n) is 3.44. The number of carboxylic acids is 1. The van der Waals surface area contributed by atoms with Crippen molar-refractivity contribution in [2.24, 2.45) is 0 Å². The maximum atomic E-state index is 10.3. The molecule has 1 aromatic heterocycles. The van der Waals surface area contributed by atoms with Gasteiger partial charge in [0.05, 0.1) is 0 Å². The van der Waals surface area contributed by atoms with Gasteiger partial charge in [0, 0.05) is 17.1 Å². The summed E-state index contributed by atoms with van der Waals surface area (Å²) in [4.78, 5) is 15.0. The average molecular weight is 326 g/mol. The Bertz CT molecular complexity index is 771. The molecule has 0 spiro atoms. The lowest BCUT2D eigenvalue weighted by atomic mass is 9.92. The van der Waals surface area contributed by atoms with E-state index in [4.69, 9.17) is 20.9 Å². The molecule has 0 aliphatic heterocycles. The van der Waals surface area contributed by atoms with Crippen LogP contribution in [0, 0.1) is 0 Å². The first-order valence-electron chi connectivity index (χ1n) is 8.38. The van der Waals surface area contributed by atoms with Crippen LogP contribution in [0.1, 0.15) is 52.1 Å². The molecule has 1 aromatic carbocycles. The Morgan fingerprint density at radius 3 is 2.17 bits per heavy atom. The Kier molecular flexibility index (Phi) is 4.69. The minimum Gasteiger partial charge on any atom is -0.507 e. The van der Waals surface area contributed by atoms with E-state index in [2.05, 4.69) is 0 Å². The summed E-state index contributed by atoms with van der Waals surface area (Å²) in [6.07, 6.45) is 8.42. The number of phenols is 1. The lowest BCUT2D eigenvalue weighted by molar-refractivity contribution is 0.0693. The van der Waals surface area contributed by atoms with Gasteiger partial charge in [-0.1, -0.05) is 12.1 Å². The predicted octanol–water partition coefficient (Wildman–Crippen LogP) is 3.12. The molecular formula is C19H22N2O3. The molecule has 0 unspecified atom stereocenters. The van der Waals surface area contributed by atoms with Gasteiger partial charge in [-0.25, -0.2) is 4.79 Å². The summed E-state index contributed by atoms with van der Waals surface area (Å²) in [5.41, 5.74) is 12.6. The largest absolute Gasteiger partial charge is 0.507 e. The Labute approximate surface area is 141 Å². The van der Waals surface area contributed by atoms with Gasteiger partial charge in [0.1, 0.15) is 11.3 Å². The zero-order chi connectivity index (χ0) is 17.1. The predicted molar refractivity (Wildman–Crippen MR) is 92.4 cm³/mol. The molecule has 0 amide bonds. The summed E-state index contributed by atoms with van der Waals surface area (Å²) in [7, 11) is 0. The molecule has 0 saturated heterocycles. The number of aromatic nitrogens is 1. The van der Waals surface area contributed by atoms with E-state index in [0.29, 0.717) is 0 Å². The second-order valence-electron chi connectivity index (χ2n) is 6.26. The van der Waals surface area contributed by atoms with Gasteiger partial charge in [-0.15, -0.1) is 0 Å². The summed E-state index contributed by atoms with van der Waals surface area (Å²) < 4.78 is 0. The Morgan fingerprint density at radius 1 is 0.958 bits per heavy atom. The fourth-order valence-corrected chi connectivity index (χ4v) is 3.44. The van der Waals surface area contributed by atoms with E-state index in [1.807, 2.05) is 0 Å². The van der Waals surface area contributed by atoms with Gasteiger partial charge in [-0.2, -0.15) is 0 Å². The number of carbonyl (C=O) groups is 1. The van der Waals surface area contributed by atoms with Crippen LogP contribution in [-0.2, 0) is 25.7 Å². The number of aryl methyl sites for hydroxylation is 2. The third kappa shape index (κ3) is 3.20. The van der Waals surface area contributed by atoms with Crippen LogP contribution in [0.5, 0.6) is 5.75 Å². The molecule has 5 heteroatoms. The van der Waals surface area contributed by atoms with Crippen LogP contribution in [-0.4, -0.2) is 21.2 Å². The van der Waals surface area contributed by atoms with Gasteiger partial charge in [0.2, 0.25) is 0 Å². The first-order chi connectivity index (χ1) is 11.6. The molecule has 2 aliphatic rings. The van der Waals surface area contributed by atoms with Crippen LogP contribution in [0.25, 0.3) is 0 Å². The molecule has 2 aliphatic carbocycles. The van der Waals surface area contributed by atoms with Crippen LogP contribution >= 0.6 is 0 Å². The van der Waals surface area contributed by atoms with E-state index in [9.17, 15) is 4.79 Å². The number of pyridine rings is 1. The summed E-state index contributed by atoms with van der Waals surface area (Å²) in [6.45, 7) is 0. The van der Waals surface area contributed by atoms with Crippen molar-refractivity contribution in [3.05, 3.63) is 52.3 Å². The summed E-state index contributed by atoms with van der Waals surface area (Å²) in [5.74, 6) is -1.31. The molecule has 2 aromatic rings. The third-order valence-electron chi connectivity index (χ3n) is 4.68. The number of aromatic hydroxyl groups is 1. The highest BCUT2D eigenvalue weighted by molar-refractivity contribution is 5.90. The van der Waals surface area contributed by atoms with E-state index in [1.54, 1.807) is 12.1 Å². The smallest absolute Gasteiger partial charge is 0.339 e. The van der Waals surface area contributed by atoms with Crippen LogP contribution in [0.4, 0.5) is 5.69 Å². The van der Waals surface area contributed by atoms with Crippen LogP contribution < -0.4 is 5.73 Å². The number of carboxylic acid groups (broad SMARTS) is 1. The van der Waals surface area contributed by atoms with E-state index in [1.165, 1.54) is 53.9 Å². The number of nitrogens with zero attached hydrogens (tertiary/aromatic N) is 1. The van der Waals surface area contributed by atoms with Crippen LogP contribution in [0.3, 0.4) is 0 Å². The summed E-state index contributed by atoms with van der Waals surface area (Å²) in [5, 5.41) is 17.3. The Hall–Kier alpha value is -2.56. The number of hydrogen-bond acceptors (Lipinski definition) is 4. The number of benzene rings is 1. The van der Waals surface area contributed by atoms with Crippen LogP contribution in [0.2, 0.25) is 0 Å². The maximum Gasteiger partial charge on any atom is 0.339 e. The van der Waals surface area contributed by atoms with Gasteiger partial charge < -0.3 is 15.9 Å². The Morgan fingerprint density at radius 2 is 1.54 bits per heavy atom. The zero-order valence-corrected chi connectivity index (χ0v) is 13.6. The molecule has 126 valence electrons. The van der Waals surface area contributed by atoms with Crippen molar-refractivity contribution in [1.29, 1.82) is 0 Å². The highest BCUT2D eigenvalue weighted by atomic mass is 16.4. The first-order valence-corrected chi connectivity index (χ1v) is 8.38. The van der Waals surface area contributed by atoms with Crippen molar-refractivity contribution < 1.29 is 15.0 Å². The fraction of sp³-hybridized carbons (Fsp3) is 0.368. The lowest BCUT2D eigenvalue weighted by Gasteiger charge is -2.19. The van der Waals surface area contributed by atoms with E-state index < -0.39 is 5.97 Å². The Balaban J connectivity index is 0.000000150. The SMILES string of the molecule is Nc1c2c(nc3c1CCC3)CCCC2.O=C(O)c1ccccc1O. The number of nitrogens with two attached hydrogens (primary N) is 1. The van der Waals surface area contributed by atoms with Crippen molar-refractivity contribution in [2.75, 3.05) is 5.73 Å². The van der Waals surface area contributed by atoms with Gasteiger partial charge in [0.25, 0.3) is 0 Å². The van der Waals surface area contributed by atoms with Gasteiger partial charge >= 0.3 is 5.97 Å². The molecule has 0 bridgehead atoms. The minimum atomic E-state index is -1.11. The van der Waals surface area contributed by atoms with E-state index >= 15 is 0 Å². The summed E-state index contributed by atoms with van der Waals surface area (Å²) >= 11 is 0. The minimum absolute atomic E-state index is 0.0671.